The van der Waals surface area contributed by atoms with E-state index in [1.54, 1.807) is 22.2 Å². The summed E-state index contributed by atoms with van der Waals surface area (Å²) >= 11 is 0. The maximum atomic E-state index is 12.3. The number of carbonyl (C=O) groups is 2. The van der Waals surface area contributed by atoms with Crippen LogP contribution in [0.25, 0.3) is 0 Å². The highest BCUT2D eigenvalue weighted by atomic mass is 16.2. The summed E-state index contributed by atoms with van der Waals surface area (Å²) in [5, 5.41) is 6.50. The Balaban J connectivity index is 1.68. The highest BCUT2D eigenvalue weighted by Gasteiger charge is 2.38. The third kappa shape index (κ3) is 2.21. The molecule has 0 spiro atoms. The molecule has 7 nitrogen and oxygen atoms in total. The van der Waals surface area contributed by atoms with E-state index in [4.69, 9.17) is 5.73 Å². The molecule has 2 unspecified atom stereocenters. The van der Waals surface area contributed by atoms with Gasteiger partial charge in [0.05, 0.1) is 17.8 Å². The van der Waals surface area contributed by atoms with Crippen molar-refractivity contribution in [2.24, 2.45) is 11.7 Å². The lowest BCUT2D eigenvalue weighted by Gasteiger charge is -2.20. The largest absolute Gasteiger partial charge is 0.341 e. The van der Waals surface area contributed by atoms with Gasteiger partial charge in [-0.2, -0.15) is 5.10 Å². The Morgan fingerprint density at radius 1 is 1.47 bits per heavy atom. The molecule has 2 fully saturated rings. The fourth-order valence-corrected chi connectivity index (χ4v) is 2.76. The molecule has 0 saturated carbocycles. The highest BCUT2D eigenvalue weighted by molar-refractivity contribution is 6.00. The number of H-pyrrole nitrogens is 1. The van der Waals surface area contributed by atoms with Gasteiger partial charge in [-0.15, -0.1) is 0 Å². The second-order valence-electron chi connectivity index (χ2n) is 5.19. The molecule has 19 heavy (non-hydrogen) atoms. The van der Waals surface area contributed by atoms with Gasteiger partial charge >= 0.3 is 0 Å². The summed E-state index contributed by atoms with van der Waals surface area (Å²) in [4.78, 5) is 27.7. The highest BCUT2D eigenvalue weighted by Crippen LogP contribution is 2.26. The number of nitrogens with one attached hydrogen (secondary N) is 1. The monoisotopic (exact) mass is 263 g/mol. The zero-order chi connectivity index (χ0) is 13.4. The number of anilines is 1. The number of nitrogens with two attached hydrogens (primary N) is 1. The van der Waals surface area contributed by atoms with Gasteiger partial charge in [0.15, 0.2) is 0 Å². The molecule has 0 aliphatic carbocycles. The first-order valence-corrected chi connectivity index (χ1v) is 6.48. The molecule has 3 heterocycles. The van der Waals surface area contributed by atoms with E-state index in [1.165, 1.54) is 0 Å². The van der Waals surface area contributed by atoms with Gasteiger partial charge in [0.1, 0.15) is 0 Å². The summed E-state index contributed by atoms with van der Waals surface area (Å²) in [5.74, 6) is -0.233. The molecule has 2 aliphatic rings. The summed E-state index contributed by atoms with van der Waals surface area (Å²) in [6.07, 6.45) is 4.38. The van der Waals surface area contributed by atoms with Gasteiger partial charge in [-0.3, -0.25) is 14.7 Å². The van der Waals surface area contributed by atoms with Gasteiger partial charge in [0.25, 0.3) is 0 Å². The first-order valence-electron chi connectivity index (χ1n) is 6.48. The predicted molar refractivity (Wildman–Crippen MR) is 68.2 cm³/mol. The molecule has 7 heteroatoms. The van der Waals surface area contributed by atoms with Crippen LogP contribution in [0.5, 0.6) is 0 Å². The van der Waals surface area contributed by atoms with Crippen molar-refractivity contribution in [3.8, 4) is 0 Å². The van der Waals surface area contributed by atoms with Crippen LogP contribution in [0.4, 0.5) is 5.69 Å². The molecule has 102 valence electrons. The normalized spacial score (nSPS) is 27.3. The van der Waals surface area contributed by atoms with Crippen LogP contribution >= 0.6 is 0 Å². The Hall–Kier alpha value is -1.89. The maximum Gasteiger partial charge on any atom is 0.228 e. The van der Waals surface area contributed by atoms with Gasteiger partial charge in [-0.25, -0.2) is 0 Å². The number of nitrogens with zero attached hydrogens (tertiary/aromatic N) is 3. The SMILES string of the molecule is NC1CCN(C(=O)C2CC(=O)N(c3cn[nH]c3)C2)C1. The number of aromatic amines is 1. The van der Waals surface area contributed by atoms with Crippen molar-refractivity contribution in [3.05, 3.63) is 12.4 Å². The number of aromatic nitrogens is 2. The van der Waals surface area contributed by atoms with Gasteiger partial charge in [0.2, 0.25) is 11.8 Å². The lowest BCUT2D eigenvalue weighted by atomic mass is 10.1. The second-order valence-corrected chi connectivity index (χ2v) is 5.19. The first kappa shape index (κ1) is 12.2. The topological polar surface area (TPSA) is 95.3 Å². The van der Waals surface area contributed by atoms with Crippen molar-refractivity contribution >= 4 is 17.5 Å². The quantitative estimate of drug-likeness (QED) is 0.739. The van der Waals surface area contributed by atoms with Crippen LogP contribution in [0.2, 0.25) is 0 Å². The van der Waals surface area contributed by atoms with Gasteiger partial charge in [-0.1, -0.05) is 0 Å². The van der Waals surface area contributed by atoms with E-state index in [-0.39, 0.29) is 30.2 Å². The minimum absolute atomic E-state index is 0.0248. The van der Waals surface area contributed by atoms with Crippen LogP contribution in [0.15, 0.2) is 12.4 Å². The van der Waals surface area contributed by atoms with Crippen molar-refractivity contribution in [3.63, 3.8) is 0 Å². The molecule has 2 atom stereocenters. The molecular formula is C12H17N5O2. The number of carbonyl (C=O) groups excluding carboxylic acids is 2. The van der Waals surface area contributed by atoms with E-state index in [2.05, 4.69) is 10.2 Å². The average Bonchev–Trinajstić information content (AvgIpc) is 3.07. The van der Waals surface area contributed by atoms with Gasteiger partial charge in [-0.05, 0) is 6.42 Å². The fraction of sp³-hybridized carbons (Fsp3) is 0.583. The Morgan fingerprint density at radius 3 is 2.95 bits per heavy atom. The molecule has 1 aromatic rings. The lowest BCUT2D eigenvalue weighted by Crippen LogP contribution is -2.37. The third-order valence-corrected chi connectivity index (χ3v) is 3.81. The van der Waals surface area contributed by atoms with Crippen LogP contribution in [0.1, 0.15) is 12.8 Å². The summed E-state index contributed by atoms with van der Waals surface area (Å²) in [6.45, 7) is 1.74. The molecule has 2 amide bonds. The minimum Gasteiger partial charge on any atom is -0.341 e. The molecule has 0 bridgehead atoms. The van der Waals surface area contributed by atoms with Crippen LogP contribution in [0, 0.1) is 5.92 Å². The van der Waals surface area contributed by atoms with Crippen LogP contribution in [0.3, 0.4) is 0 Å². The Kier molecular flexibility index (Phi) is 2.98. The van der Waals surface area contributed by atoms with E-state index >= 15 is 0 Å². The first-order chi connectivity index (χ1) is 9.15. The Labute approximate surface area is 110 Å². The number of likely N-dealkylation sites (tertiary alicyclic amines) is 1. The molecule has 2 aliphatic heterocycles. The summed E-state index contributed by atoms with van der Waals surface area (Å²) in [7, 11) is 0. The Bertz CT molecular complexity index is 486. The van der Waals surface area contributed by atoms with Crippen LogP contribution in [-0.4, -0.2) is 52.6 Å². The molecule has 3 N–H and O–H groups in total. The summed E-state index contributed by atoms with van der Waals surface area (Å²) in [5.41, 5.74) is 6.53. The van der Waals surface area contributed by atoms with Crippen molar-refractivity contribution in [2.45, 2.75) is 18.9 Å². The average molecular weight is 263 g/mol. The van der Waals surface area contributed by atoms with Crippen molar-refractivity contribution < 1.29 is 9.59 Å². The van der Waals surface area contributed by atoms with E-state index in [0.717, 1.165) is 12.1 Å². The van der Waals surface area contributed by atoms with Gasteiger partial charge in [0, 0.05) is 38.3 Å². The number of hydrogen-bond donors (Lipinski definition) is 2. The van der Waals surface area contributed by atoms with E-state index in [1.807, 2.05) is 0 Å². The lowest BCUT2D eigenvalue weighted by molar-refractivity contribution is -0.134. The van der Waals surface area contributed by atoms with Crippen LogP contribution < -0.4 is 10.6 Å². The maximum absolute atomic E-state index is 12.3. The summed E-state index contributed by atoms with van der Waals surface area (Å²) < 4.78 is 0. The van der Waals surface area contributed by atoms with Crippen molar-refractivity contribution in [2.75, 3.05) is 24.5 Å². The smallest absolute Gasteiger partial charge is 0.228 e. The third-order valence-electron chi connectivity index (χ3n) is 3.81. The minimum atomic E-state index is -0.257. The molecular weight excluding hydrogens is 246 g/mol. The van der Waals surface area contributed by atoms with E-state index in [9.17, 15) is 9.59 Å². The van der Waals surface area contributed by atoms with E-state index < -0.39 is 0 Å². The number of rotatable bonds is 2. The molecule has 0 aromatic carbocycles. The van der Waals surface area contributed by atoms with Gasteiger partial charge < -0.3 is 15.5 Å². The molecule has 0 radical (unpaired) electrons. The second kappa shape index (κ2) is 4.65. The number of hydrogen-bond acceptors (Lipinski definition) is 4. The Morgan fingerprint density at radius 2 is 2.32 bits per heavy atom. The zero-order valence-corrected chi connectivity index (χ0v) is 10.6. The zero-order valence-electron chi connectivity index (χ0n) is 10.6. The summed E-state index contributed by atoms with van der Waals surface area (Å²) in [6, 6.07) is 0.0750. The van der Waals surface area contributed by atoms with Crippen LogP contribution in [-0.2, 0) is 9.59 Å². The van der Waals surface area contributed by atoms with Crippen molar-refractivity contribution in [1.82, 2.24) is 15.1 Å². The predicted octanol–water partition coefficient (Wildman–Crippen LogP) is -0.678. The van der Waals surface area contributed by atoms with E-state index in [0.29, 0.717) is 19.6 Å². The molecule has 1 aromatic heterocycles. The molecule has 3 rings (SSSR count). The number of amides is 2. The molecule has 2 saturated heterocycles. The van der Waals surface area contributed by atoms with Crippen molar-refractivity contribution in [1.29, 1.82) is 0 Å². The fourth-order valence-electron chi connectivity index (χ4n) is 2.76. The standard InChI is InChI=1S/C12H17N5O2/c13-9-1-2-16(7-9)12(19)8-3-11(18)17(6-8)10-4-14-15-5-10/h4-5,8-9H,1-3,6-7,13H2,(H,14,15).